The maximum atomic E-state index is 11.6. The molecule has 1 fully saturated rings. The molecule has 1 amide bonds. The van der Waals surface area contributed by atoms with Crippen LogP contribution in [-0.4, -0.2) is 23.0 Å². The van der Waals surface area contributed by atoms with Crippen LogP contribution in [0.5, 0.6) is 0 Å². The zero-order valence-electron chi connectivity index (χ0n) is 10.0. The first kappa shape index (κ1) is 13.0. The molecule has 1 aliphatic carbocycles. The Labute approximate surface area is 96.4 Å². The van der Waals surface area contributed by atoms with Crippen molar-refractivity contribution in [2.45, 2.75) is 52.0 Å². The van der Waals surface area contributed by atoms with E-state index in [1.54, 1.807) is 0 Å². The van der Waals surface area contributed by atoms with Gasteiger partial charge in [0.15, 0.2) is 0 Å². The van der Waals surface area contributed by atoms with Gasteiger partial charge in [0.1, 0.15) is 6.04 Å². The molecule has 4 nitrogen and oxygen atoms in total. The average Bonchev–Trinajstić information content (AvgIpc) is 2.16. The zero-order valence-corrected chi connectivity index (χ0v) is 10.0. The maximum absolute atomic E-state index is 11.6. The summed E-state index contributed by atoms with van der Waals surface area (Å²) in [4.78, 5) is 22.1. The summed E-state index contributed by atoms with van der Waals surface area (Å²) in [6.07, 6.45) is 5.10. The summed E-state index contributed by atoms with van der Waals surface area (Å²) in [7, 11) is 0. The SMILES string of the molecule is CC1CCCC(CC(=O)NC(C)C(=O)O)C1. The minimum atomic E-state index is -0.981. The predicted molar refractivity (Wildman–Crippen MR) is 61.0 cm³/mol. The number of nitrogens with one attached hydrogen (secondary N) is 1. The molecule has 4 heteroatoms. The lowest BCUT2D eigenvalue weighted by Crippen LogP contribution is -2.39. The Bertz CT molecular complexity index is 265. The molecule has 92 valence electrons. The number of carbonyl (C=O) groups excluding carboxylic acids is 1. The first-order valence-electron chi connectivity index (χ1n) is 6.01. The second-order valence-corrected chi connectivity index (χ2v) is 4.97. The molecule has 1 rings (SSSR count). The summed E-state index contributed by atoms with van der Waals surface area (Å²) in [5.41, 5.74) is 0. The van der Waals surface area contributed by atoms with E-state index in [0.717, 1.165) is 12.8 Å². The fourth-order valence-electron chi connectivity index (χ4n) is 2.37. The second kappa shape index (κ2) is 5.87. The van der Waals surface area contributed by atoms with Crippen LogP contribution in [0.1, 0.15) is 46.0 Å². The Morgan fingerprint density at radius 2 is 2.12 bits per heavy atom. The van der Waals surface area contributed by atoms with Crippen LogP contribution >= 0.6 is 0 Å². The van der Waals surface area contributed by atoms with E-state index < -0.39 is 12.0 Å². The number of hydrogen-bond acceptors (Lipinski definition) is 2. The second-order valence-electron chi connectivity index (χ2n) is 4.97. The lowest BCUT2D eigenvalue weighted by Gasteiger charge is -2.26. The van der Waals surface area contributed by atoms with Gasteiger partial charge in [-0.1, -0.05) is 19.8 Å². The minimum Gasteiger partial charge on any atom is -0.480 e. The summed E-state index contributed by atoms with van der Waals surface area (Å²) < 4.78 is 0. The first-order valence-corrected chi connectivity index (χ1v) is 6.01. The third-order valence-electron chi connectivity index (χ3n) is 3.27. The highest BCUT2D eigenvalue weighted by Crippen LogP contribution is 2.30. The molecule has 16 heavy (non-hydrogen) atoms. The molecule has 0 aliphatic heterocycles. The zero-order chi connectivity index (χ0) is 12.1. The van der Waals surface area contributed by atoms with E-state index in [1.807, 2.05) is 0 Å². The fourth-order valence-corrected chi connectivity index (χ4v) is 2.37. The Morgan fingerprint density at radius 3 is 2.69 bits per heavy atom. The molecule has 0 aromatic rings. The van der Waals surface area contributed by atoms with Crippen molar-refractivity contribution in [2.75, 3.05) is 0 Å². The number of hydrogen-bond donors (Lipinski definition) is 2. The van der Waals surface area contributed by atoms with E-state index in [-0.39, 0.29) is 5.91 Å². The minimum absolute atomic E-state index is 0.131. The van der Waals surface area contributed by atoms with Crippen molar-refractivity contribution in [2.24, 2.45) is 11.8 Å². The third kappa shape index (κ3) is 4.21. The monoisotopic (exact) mass is 227 g/mol. The van der Waals surface area contributed by atoms with Crippen molar-refractivity contribution in [3.8, 4) is 0 Å². The fraction of sp³-hybridized carbons (Fsp3) is 0.833. The largest absolute Gasteiger partial charge is 0.480 e. The van der Waals surface area contributed by atoms with Gasteiger partial charge in [0.2, 0.25) is 5.91 Å². The third-order valence-corrected chi connectivity index (χ3v) is 3.27. The molecule has 0 heterocycles. The molecule has 0 saturated heterocycles. The standard InChI is InChI=1S/C12H21NO3/c1-8-4-3-5-10(6-8)7-11(14)13-9(2)12(15)16/h8-10H,3-7H2,1-2H3,(H,13,14)(H,15,16). The highest BCUT2D eigenvalue weighted by Gasteiger charge is 2.22. The Balaban J connectivity index is 2.30. The van der Waals surface area contributed by atoms with Crippen LogP contribution < -0.4 is 5.32 Å². The quantitative estimate of drug-likeness (QED) is 0.769. The van der Waals surface area contributed by atoms with E-state index in [0.29, 0.717) is 18.3 Å². The molecule has 0 aromatic carbocycles. The molecular weight excluding hydrogens is 206 g/mol. The summed E-state index contributed by atoms with van der Waals surface area (Å²) in [6.45, 7) is 3.70. The van der Waals surface area contributed by atoms with Gasteiger partial charge in [0, 0.05) is 6.42 Å². The molecule has 1 aliphatic rings. The van der Waals surface area contributed by atoms with Gasteiger partial charge >= 0.3 is 5.97 Å². The number of rotatable bonds is 4. The van der Waals surface area contributed by atoms with Crippen molar-refractivity contribution in [1.29, 1.82) is 0 Å². The number of amides is 1. The van der Waals surface area contributed by atoms with Crippen LogP contribution in [0.4, 0.5) is 0 Å². The van der Waals surface area contributed by atoms with Crippen molar-refractivity contribution in [1.82, 2.24) is 5.32 Å². The molecule has 0 spiro atoms. The highest BCUT2D eigenvalue weighted by atomic mass is 16.4. The summed E-state index contributed by atoms with van der Waals surface area (Å²) >= 11 is 0. The maximum Gasteiger partial charge on any atom is 0.325 e. The molecular formula is C12H21NO3. The summed E-state index contributed by atoms with van der Waals surface area (Å²) in [5.74, 6) is 0.0209. The summed E-state index contributed by atoms with van der Waals surface area (Å²) in [5, 5.41) is 11.2. The molecule has 0 aromatic heterocycles. The molecule has 2 N–H and O–H groups in total. The molecule has 1 saturated carbocycles. The predicted octanol–water partition coefficient (Wildman–Crippen LogP) is 1.79. The smallest absolute Gasteiger partial charge is 0.325 e. The summed E-state index contributed by atoms with van der Waals surface area (Å²) in [6, 6.07) is -0.784. The number of carboxylic acids is 1. The van der Waals surface area contributed by atoms with Gasteiger partial charge in [0.25, 0.3) is 0 Å². The van der Waals surface area contributed by atoms with Crippen molar-refractivity contribution in [3.63, 3.8) is 0 Å². The first-order chi connectivity index (χ1) is 7.49. The average molecular weight is 227 g/mol. The van der Waals surface area contributed by atoms with Gasteiger partial charge in [-0.2, -0.15) is 0 Å². The van der Waals surface area contributed by atoms with E-state index in [9.17, 15) is 9.59 Å². The van der Waals surface area contributed by atoms with E-state index in [2.05, 4.69) is 12.2 Å². The van der Waals surface area contributed by atoms with Crippen LogP contribution in [0.2, 0.25) is 0 Å². The van der Waals surface area contributed by atoms with E-state index >= 15 is 0 Å². The van der Waals surface area contributed by atoms with Crippen LogP contribution in [0.15, 0.2) is 0 Å². The number of aliphatic carboxylic acids is 1. The van der Waals surface area contributed by atoms with E-state index in [4.69, 9.17) is 5.11 Å². The number of carboxylic acid groups (broad SMARTS) is 1. The van der Waals surface area contributed by atoms with Crippen molar-refractivity contribution >= 4 is 11.9 Å². The van der Waals surface area contributed by atoms with Crippen molar-refractivity contribution < 1.29 is 14.7 Å². The molecule has 3 unspecified atom stereocenters. The molecule has 0 radical (unpaired) electrons. The van der Waals surface area contributed by atoms with E-state index in [1.165, 1.54) is 19.8 Å². The van der Waals surface area contributed by atoms with Gasteiger partial charge in [-0.05, 0) is 31.6 Å². The van der Waals surface area contributed by atoms with Crippen LogP contribution in [0.25, 0.3) is 0 Å². The van der Waals surface area contributed by atoms with Crippen LogP contribution in [-0.2, 0) is 9.59 Å². The van der Waals surface area contributed by atoms with Gasteiger partial charge < -0.3 is 10.4 Å². The highest BCUT2D eigenvalue weighted by molar-refractivity contribution is 5.83. The van der Waals surface area contributed by atoms with Gasteiger partial charge in [0.05, 0.1) is 0 Å². The van der Waals surface area contributed by atoms with Gasteiger partial charge in [-0.3, -0.25) is 9.59 Å². The lowest BCUT2D eigenvalue weighted by atomic mass is 9.81. The van der Waals surface area contributed by atoms with Crippen LogP contribution in [0.3, 0.4) is 0 Å². The molecule has 3 atom stereocenters. The Morgan fingerprint density at radius 1 is 1.44 bits per heavy atom. The normalized spacial score (nSPS) is 27.1. The van der Waals surface area contributed by atoms with Crippen LogP contribution in [0, 0.1) is 11.8 Å². The van der Waals surface area contributed by atoms with Gasteiger partial charge in [-0.15, -0.1) is 0 Å². The topological polar surface area (TPSA) is 66.4 Å². The molecule has 0 bridgehead atoms. The van der Waals surface area contributed by atoms with Gasteiger partial charge in [-0.25, -0.2) is 0 Å². The lowest BCUT2D eigenvalue weighted by molar-refractivity contribution is -0.141. The Kier molecular flexibility index (Phi) is 4.77. The Hall–Kier alpha value is -1.06. The van der Waals surface area contributed by atoms with Crippen molar-refractivity contribution in [3.05, 3.63) is 0 Å². The number of carbonyl (C=O) groups is 2.